The SMILES string of the molecule is CCCCCC1CCC(C2CCC(c3ccc(C4CCC(c5ccc(F)c(F)c5)CC4)c(F)c3)CC2)CC1. The summed E-state index contributed by atoms with van der Waals surface area (Å²) in [5.74, 6) is 2.15. The standard InChI is InChI=1S/C35H47F3/c1-2-3-4-5-24-6-8-25(9-7-24)26-10-12-27(13-11-26)30-18-20-32(34(37)22-30)29-16-14-28(15-17-29)31-19-21-33(36)35(38)23-31/h18-29H,2-17H2,1H3. The van der Waals surface area contributed by atoms with Crippen LogP contribution in [0.1, 0.15) is 144 Å². The van der Waals surface area contributed by atoms with E-state index in [9.17, 15) is 8.78 Å². The van der Waals surface area contributed by atoms with Gasteiger partial charge in [-0.2, -0.15) is 0 Å². The van der Waals surface area contributed by atoms with Gasteiger partial charge in [0.1, 0.15) is 5.82 Å². The number of hydrogen-bond acceptors (Lipinski definition) is 0. The van der Waals surface area contributed by atoms with E-state index in [1.54, 1.807) is 6.07 Å². The van der Waals surface area contributed by atoms with Crippen molar-refractivity contribution in [2.75, 3.05) is 0 Å². The lowest BCUT2D eigenvalue weighted by molar-refractivity contribution is 0.155. The zero-order chi connectivity index (χ0) is 26.5. The minimum Gasteiger partial charge on any atom is -0.207 e. The molecule has 5 rings (SSSR count). The molecule has 0 amide bonds. The molecule has 0 saturated heterocycles. The largest absolute Gasteiger partial charge is 0.207 e. The van der Waals surface area contributed by atoms with Gasteiger partial charge in [-0.3, -0.25) is 0 Å². The molecule has 2 aromatic carbocycles. The topological polar surface area (TPSA) is 0 Å². The molecule has 0 radical (unpaired) electrons. The van der Waals surface area contributed by atoms with Gasteiger partial charge in [-0.15, -0.1) is 0 Å². The van der Waals surface area contributed by atoms with E-state index in [1.807, 2.05) is 6.07 Å². The summed E-state index contributed by atoms with van der Waals surface area (Å²) in [5, 5.41) is 0. The Labute approximate surface area is 228 Å². The molecule has 0 unspecified atom stereocenters. The van der Waals surface area contributed by atoms with Crippen LogP contribution in [0.4, 0.5) is 13.2 Å². The van der Waals surface area contributed by atoms with E-state index in [2.05, 4.69) is 19.1 Å². The van der Waals surface area contributed by atoms with Crippen LogP contribution < -0.4 is 0 Å². The highest BCUT2D eigenvalue weighted by molar-refractivity contribution is 5.31. The first-order valence-electron chi connectivity index (χ1n) is 15.8. The quantitative estimate of drug-likeness (QED) is 0.301. The van der Waals surface area contributed by atoms with E-state index >= 15 is 4.39 Å². The molecule has 38 heavy (non-hydrogen) atoms. The summed E-state index contributed by atoms with van der Waals surface area (Å²) in [5.41, 5.74) is 2.91. The Kier molecular flexibility index (Phi) is 9.55. The number of halogens is 3. The summed E-state index contributed by atoms with van der Waals surface area (Å²) in [6, 6.07) is 10.4. The third kappa shape index (κ3) is 6.68. The van der Waals surface area contributed by atoms with Gasteiger partial charge in [0.2, 0.25) is 0 Å². The van der Waals surface area contributed by atoms with Gasteiger partial charge >= 0.3 is 0 Å². The first-order valence-corrected chi connectivity index (χ1v) is 15.8. The van der Waals surface area contributed by atoms with E-state index in [-0.39, 0.29) is 17.7 Å². The summed E-state index contributed by atoms with van der Waals surface area (Å²) < 4.78 is 42.3. The van der Waals surface area contributed by atoms with Crippen LogP contribution in [0.15, 0.2) is 36.4 Å². The van der Waals surface area contributed by atoms with Crippen molar-refractivity contribution < 1.29 is 13.2 Å². The van der Waals surface area contributed by atoms with Gasteiger partial charge in [0.15, 0.2) is 11.6 Å². The fourth-order valence-electron chi connectivity index (χ4n) is 8.19. The van der Waals surface area contributed by atoms with E-state index in [4.69, 9.17) is 0 Å². The fraction of sp³-hybridized carbons (Fsp3) is 0.657. The second-order valence-corrected chi connectivity index (χ2v) is 12.9. The number of unbranched alkanes of at least 4 members (excludes halogenated alkanes) is 2. The Bertz CT molecular complexity index is 1020. The van der Waals surface area contributed by atoms with Gasteiger partial charge in [0, 0.05) is 0 Å². The Hall–Kier alpha value is -1.77. The zero-order valence-corrected chi connectivity index (χ0v) is 23.4. The summed E-state index contributed by atoms with van der Waals surface area (Å²) in [6.07, 6.45) is 20.0. The van der Waals surface area contributed by atoms with Crippen molar-refractivity contribution in [3.63, 3.8) is 0 Å². The third-order valence-corrected chi connectivity index (χ3v) is 10.6. The summed E-state index contributed by atoms with van der Waals surface area (Å²) in [4.78, 5) is 0. The smallest absolute Gasteiger partial charge is 0.159 e. The molecule has 3 aliphatic carbocycles. The van der Waals surface area contributed by atoms with Crippen LogP contribution >= 0.6 is 0 Å². The molecule has 0 atom stereocenters. The number of benzene rings is 2. The second-order valence-electron chi connectivity index (χ2n) is 12.9. The molecular formula is C35H47F3. The molecule has 2 aromatic rings. The Morgan fingerprint density at radius 2 is 1.08 bits per heavy atom. The van der Waals surface area contributed by atoms with Gasteiger partial charge in [-0.25, -0.2) is 13.2 Å². The molecule has 0 bridgehead atoms. The maximum Gasteiger partial charge on any atom is 0.159 e. The summed E-state index contributed by atoms with van der Waals surface area (Å²) in [6.45, 7) is 2.30. The van der Waals surface area contributed by atoms with Gasteiger partial charge in [0.05, 0.1) is 0 Å². The molecule has 0 N–H and O–H groups in total. The maximum atomic E-state index is 15.3. The van der Waals surface area contributed by atoms with Crippen molar-refractivity contribution in [3.05, 3.63) is 70.5 Å². The predicted molar refractivity (Wildman–Crippen MR) is 151 cm³/mol. The van der Waals surface area contributed by atoms with E-state index in [1.165, 1.54) is 94.7 Å². The molecule has 0 heterocycles. The lowest BCUT2D eigenvalue weighted by Crippen LogP contribution is -2.25. The first kappa shape index (κ1) is 27.8. The Morgan fingerprint density at radius 1 is 0.553 bits per heavy atom. The van der Waals surface area contributed by atoms with Gasteiger partial charge < -0.3 is 0 Å². The molecule has 0 spiro atoms. The van der Waals surface area contributed by atoms with Crippen molar-refractivity contribution in [3.8, 4) is 0 Å². The first-order chi connectivity index (χ1) is 18.5. The highest BCUT2D eigenvalue weighted by Gasteiger charge is 2.32. The average Bonchev–Trinajstić information content (AvgIpc) is 2.95. The van der Waals surface area contributed by atoms with Crippen LogP contribution in [0, 0.1) is 35.2 Å². The average molecular weight is 525 g/mol. The second kappa shape index (κ2) is 13.1. The minimum absolute atomic E-state index is 0.0395. The molecule has 0 nitrogen and oxygen atoms in total. The van der Waals surface area contributed by atoms with Crippen molar-refractivity contribution in [2.45, 2.75) is 127 Å². The molecule has 0 aliphatic heterocycles. The molecule has 3 saturated carbocycles. The van der Waals surface area contributed by atoms with Gasteiger partial charge in [-0.05, 0) is 135 Å². The zero-order valence-electron chi connectivity index (χ0n) is 23.4. The minimum atomic E-state index is -0.793. The predicted octanol–water partition coefficient (Wildman–Crippen LogP) is 11.2. The fourth-order valence-corrected chi connectivity index (χ4v) is 8.19. The van der Waals surface area contributed by atoms with Crippen molar-refractivity contribution in [1.82, 2.24) is 0 Å². The van der Waals surface area contributed by atoms with Crippen LogP contribution in [0.5, 0.6) is 0 Å². The summed E-state index contributed by atoms with van der Waals surface area (Å²) in [7, 11) is 0. The highest BCUT2D eigenvalue weighted by Crippen LogP contribution is 2.46. The van der Waals surface area contributed by atoms with Crippen molar-refractivity contribution in [1.29, 1.82) is 0 Å². The summed E-state index contributed by atoms with van der Waals surface area (Å²) >= 11 is 0. The lowest BCUT2D eigenvalue weighted by atomic mass is 9.68. The van der Waals surface area contributed by atoms with Crippen molar-refractivity contribution >= 4 is 0 Å². The van der Waals surface area contributed by atoms with Gasteiger partial charge in [-0.1, -0.05) is 63.6 Å². The van der Waals surface area contributed by atoms with E-state index in [0.717, 1.165) is 54.6 Å². The van der Waals surface area contributed by atoms with Crippen LogP contribution in [-0.2, 0) is 0 Å². The highest BCUT2D eigenvalue weighted by atomic mass is 19.2. The number of hydrogen-bond donors (Lipinski definition) is 0. The van der Waals surface area contributed by atoms with E-state index < -0.39 is 11.6 Å². The molecule has 3 heteroatoms. The molecule has 3 aliphatic rings. The van der Waals surface area contributed by atoms with Crippen LogP contribution in [0.2, 0.25) is 0 Å². The normalized spacial score (nSPS) is 30.3. The van der Waals surface area contributed by atoms with Crippen LogP contribution in [-0.4, -0.2) is 0 Å². The molecule has 0 aromatic heterocycles. The molecular weight excluding hydrogens is 477 g/mol. The number of rotatable bonds is 8. The third-order valence-electron chi connectivity index (χ3n) is 10.6. The molecule has 208 valence electrons. The van der Waals surface area contributed by atoms with Crippen LogP contribution in [0.3, 0.4) is 0 Å². The van der Waals surface area contributed by atoms with E-state index in [0.29, 0.717) is 5.92 Å². The maximum absolute atomic E-state index is 15.3. The Balaban J connectivity index is 1.09. The lowest BCUT2D eigenvalue weighted by Gasteiger charge is -2.38. The van der Waals surface area contributed by atoms with Gasteiger partial charge in [0.25, 0.3) is 0 Å². The Morgan fingerprint density at radius 3 is 1.66 bits per heavy atom. The molecule has 3 fully saturated rings. The van der Waals surface area contributed by atoms with Crippen LogP contribution in [0.25, 0.3) is 0 Å². The van der Waals surface area contributed by atoms with Crippen molar-refractivity contribution in [2.24, 2.45) is 17.8 Å². The monoisotopic (exact) mass is 524 g/mol.